The summed E-state index contributed by atoms with van der Waals surface area (Å²) in [6, 6.07) is 44.5. The number of rotatable bonds is 4. The number of hydrogen-bond donors (Lipinski definition) is 0. The minimum Gasteiger partial charge on any atom is -0.399 e. The van der Waals surface area contributed by atoms with Gasteiger partial charge < -0.3 is 28.4 Å². The smallest absolute Gasteiger partial charge is 0.399 e. The van der Waals surface area contributed by atoms with Gasteiger partial charge in [-0.1, -0.05) is 121 Å². The second-order valence-corrected chi connectivity index (χ2v) is 19.8. The zero-order chi connectivity index (χ0) is 42.2. The van der Waals surface area contributed by atoms with Crippen molar-refractivity contribution in [3.05, 3.63) is 155 Å². The van der Waals surface area contributed by atoms with Crippen LogP contribution < -0.4 is 10.9 Å². The Bertz CT molecular complexity index is 2360. The summed E-state index contributed by atoms with van der Waals surface area (Å²) >= 11 is 0. The van der Waals surface area contributed by atoms with E-state index < -0.39 is 0 Å². The third kappa shape index (κ3) is 7.65. The highest BCUT2D eigenvalue weighted by molar-refractivity contribution is 6.62. The highest BCUT2D eigenvalue weighted by Gasteiger charge is 2.53. The highest BCUT2D eigenvalue weighted by Crippen LogP contribution is 2.40. The minimum atomic E-state index is -0.321. The number of benzene rings is 6. The van der Waals surface area contributed by atoms with E-state index in [4.69, 9.17) is 18.6 Å². The molecule has 2 saturated heterocycles. The van der Waals surface area contributed by atoms with Gasteiger partial charge in [-0.25, -0.2) is 0 Å². The van der Waals surface area contributed by atoms with E-state index in [1.54, 1.807) is 0 Å². The summed E-state index contributed by atoms with van der Waals surface area (Å²) in [5.41, 5.74) is 9.27. The molecule has 0 radical (unpaired) electrons. The number of likely N-dealkylation sites (N-methyl/N-ethyl adjacent to an activating group) is 2. The van der Waals surface area contributed by atoms with Crippen molar-refractivity contribution in [2.75, 3.05) is 27.2 Å². The van der Waals surface area contributed by atoms with Crippen LogP contribution in [0.5, 0.6) is 0 Å². The first-order valence-corrected chi connectivity index (χ1v) is 21.8. The maximum atomic E-state index is 6.29. The molecule has 0 bridgehead atoms. The third-order valence-corrected chi connectivity index (χ3v) is 14.4. The van der Waals surface area contributed by atoms with Crippen LogP contribution in [0.2, 0.25) is 0 Å². The molecule has 1 unspecified atom stereocenters. The first-order valence-electron chi connectivity index (χ1n) is 21.8. The predicted octanol–water partition coefficient (Wildman–Crippen LogP) is 9.43. The number of hydrogen-bond acceptors (Lipinski definition) is 6. The van der Waals surface area contributed by atoms with E-state index >= 15 is 0 Å². The van der Waals surface area contributed by atoms with Gasteiger partial charge in [0.15, 0.2) is 0 Å². The molecule has 8 heteroatoms. The molecule has 4 aliphatic rings. The van der Waals surface area contributed by atoms with Gasteiger partial charge in [-0.05, 0) is 135 Å². The Balaban J connectivity index is 0.000000154. The van der Waals surface area contributed by atoms with E-state index in [1.165, 1.54) is 54.9 Å². The summed E-state index contributed by atoms with van der Waals surface area (Å²) in [4.78, 5) is 4.83. The SMILES string of the molecule is CN1Cc2cc(B3OC(C)(C)C(C)(C)O3)ccc2C(c2ccc3ccccc3c2)C1.CN1Cc2cc(B3OC(C)(C)C(C)(C)O3)ccc2[C@H](c2ccc3ccccc3c2)C1. The molecular formula is C52H60B2N2O4. The second kappa shape index (κ2) is 15.3. The van der Waals surface area contributed by atoms with E-state index in [2.05, 4.69) is 201 Å². The van der Waals surface area contributed by atoms with Gasteiger partial charge in [-0.3, -0.25) is 0 Å². The van der Waals surface area contributed by atoms with Gasteiger partial charge in [0.2, 0.25) is 0 Å². The van der Waals surface area contributed by atoms with Crippen LogP contribution in [-0.2, 0) is 31.7 Å². The summed E-state index contributed by atoms with van der Waals surface area (Å²) in [5, 5.41) is 5.20. The molecule has 0 N–H and O–H groups in total. The first kappa shape index (κ1) is 41.1. The molecule has 6 aromatic carbocycles. The van der Waals surface area contributed by atoms with Crippen molar-refractivity contribution >= 4 is 46.7 Å². The Kier molecular flexibility index (Phi) is 10.5. The lowest BCUT2D eigenvalue weighted by molar-refractivity contribution is 0.00578. The maximum absolute atomic E-state index is 6.29. The summed E-state index contributed by atoms with van der Waals surface area (Å²) in [7, 11) is 3.79. The molecule has 6 aromatic rings. The van der Waals surface area contributed by atoms with Crippen molar-refractivity contribution in [3.63, 3.8) is 0 Å². The normalized spacial score (nSPS) is 23.0. The van der Waals surface area contributed by atoms with Gasteiger partial charge in [-0.15, -0.1) is 0 Å². The largest absolute Gasteiger partial charge is 0.494 e. The van der Waals surface area contributed by atoms with Crippen LogP contribution in [0.15, 0.2) is 121 Å². The summed E-state index contributed by atoms with van der Waals surface area (Å²) in [6.45, 7) is 20.8. The molecule has 6 nitrogen and oxygen atoms in total. The van der Waals surface area contributed by atoms with Crippen LogP contribution in [-0.4, -0.2) is 73.6 Å². The van der Waals surface area contributed by atoms with Crippen LogP contribution >= 0.6 is 0 Å². The Labute approximate surface area is 358 Å². The molecule has 0 spiro atoms. The van der Waals surface area contributed by atoms with Crippen LogP contribution in [0.1, 0.15) is 101 Å². The first-order chi connectivity index (χ1) is 28.5. The fourth-order valence-electron chi connectivity index (χ4n) is 9.41. The second-order valence-electron chi connectivity index (χ2n) is 19.8. The lowest BCUT2D eigenvalue weighted by Crippen LogP contribution is -2.41. The summed E-state index contributed by atoms with van der Waals surface area (Å²) in [6.07, 6.45) is 0. The van der Waals surface area contributed by atoms with E-state index in [-0.39, 0.29) is 36.6 Å². The van der Waals surface area contributed by atoms with Crippen LogP contribution in [0.3, 0.4) is 0 Å². The molecule has 2 atom stereocenters. The molecule has 60 heavy (non-hydrogen) atoms. The summed E-state index contributed by atoms with van der Waals surface area (Å²) in [5.74, 6) is 0.742. The fourth-order valence-corrected chi connectivity index (χ4v) is 9.41. The number of nitrogens with zero attached hydrogens (tertiary/aromatic N) is 2. The molecule has 0 aliphatic carbocycles. The van der Waals surface area contributed by atoms with Gasteiger partial charge in [-0.2, -0.15) is 0 Å². The van der Waals surface area contributed by atoms with Crippen molar-refractivity contribution in [3.8, 4) is 0 Å². The number of fused-ring (bicyclic) bond motifs is 4. The zero-order valence-corrected chi connectivity index (χ0v) is 37.2. The minimum absolute atomic E-state index is 0.313. The van der Waals surface area contributed by atoms with Gasteiger partial charge in [0.1, 0.15) is 0 Å². The van der Waals surface area contributed by atoms with E-state index in [0.717, 1.165) is 37.1 Å². The monoisotopic (exact) mass is 798 g/mol. The zero-order valence-electron chi connectivity index (χ0n) is 37.2. The predicted molar refractivity (Wildman–Crippen MR) is 249 cm³/mol. The molecule has 0 aromatic heterocycles. The summed E-state index contributed by atoms with van der Waals surface area (Å²) < 4.78 is 25.2. The average molecular weight is 799 g/mol. The fraction of sp³-hybridized carbons (Fsp3) is 0.385. The lowest BCUT2D eigenvalue weighted by atomic mass is 9.75. The van der Waals surface area contributed by atoms with Gasteiger partial charge in [0, 0.05) is 38.0 Å². The van der Waals surface area contributed by atoms with Gasteiger partial charge in [0.25, 0.3) is 0 Å². The molecular weight excluding hydrogens is 738 g/mol. The Morgan fingerprint density at radius 3 is 1.15 bits per heavy atom. The van der Waals surface area contributed by atoms with Crippen molar-refractivity contribution in [1.82, 2.24) is 9.80 Å². The van der Waals surface area contributed by atoms with E-state index in [9.17, 15) is 0 Å². The van der Waals surface area contributed by atoms with Crippen LogP contribution in [0.4, 0.5) is 0 Å². The molecule has 308 valence electrons. The van der Waals surface area contributed by atoms with E-state index in [0.29, 0.717) is 11.8 Å². The molecule has 10 rings (SSSR count). The van der Waals surface area contributed by atoms with Crippen molar-refractivity contribution < 1.29 is 18.6 Å². The van der Waals surface area contributed by atoms with Crippen molar-refractivity contribution in [2.45, 2.75) is 103 Å². The van der Waals surface area contributed by atoms with Gasteiger partial charge >= 0.3 is 14.2 Å². The van der Waals surface area contributed by atoms with Crippen LogP contribution in [0, 0.1) is 0 Å². The Hall–Kier alpha value is -4.27. The van der Waals surface area contributed by atoms with Crippen molar-refractivity contribution in [2.24, 2.45) is 0 Å². The third-order valence-electron chi connectivity index (χ3n) is 14.4. The molecule has 4 heterocycles. The molecule has 4 aliphatic heterocycles. The highest BCUT2D eigenvalue weighted by atomic mass is 16.7. The maximum Gasteiger partial charge on any atom is 0.494 e. The Morgan fingerprint density at radius 2 is 0.783 bits per heavy atom. The van der Waals surface area contributed by atoms with Crippen LogP contribution in [0.25, 0.3) is 21.5 Å². The molecule has 0 saturated carbocycles. The standard InChI is InChI=1S/2C26H30BNO2/c2*1-25(2)26(3,4)30-27(29-25)22-12-13-23-21(15-22)16-28(5)17-24(23)20-11-10-18-8-6-7-9-19(18)14-20/h2*6-15,24H,16-17H2,1-5H3/t24-;/m0./s1. The quantitative estimate of drug-likeness (QED) is 0.166. The molecule has 0 amide bonds. The van der Waals surface area contributed by atoms with Gasteiger partial charge in [0.05, 0.1) is 22.4 Å². The van der Waals surface area contributed by atoms with Crippen molar-refractivity contribution in [1.29, 1.82) is 0 Å². The lowest BCUT2D eigenvalue weighted by Gasteiger charge is -2.33. The Morgan fingerprint density at radius 1 is 0.433 bits per heavy atom. The topological polar surface area (TPSA) is 43.4 Å². The van der Waals surface area contributed by atoms with E-state index in [1.807, 2.05) is 0 Å². The average Bonchev–Trinajstić information content (AvgIpc) is 3.58. The molecule has 2 fully saturated rings.